The van der Waals surface area contributed by atoms with Gasteiger partial charge in [-0.2, -0.15) is 0 Å². The Balaban J connectivity index is 1.87. The predicted octanol–water partition coefficient (Wildman–Crippen LogP) is 3.33. The van der Waals surface area contributed by atoms with E-state index in [1.54, 1.807) is 0 Å². The summed E-state index contributed by atoms with van der Waals surface area (Å²) in [6.45, 7) is 7.78. The van der Waals surface area contributed by atoms with Crippen molar-refractivity contribution in [1.29, 1.82) is 0 Å². The second kappa shape index (κ2) is 6.20. The van der Waals surface area contributed by atoms with Crippen molar-refractivity contribution in [2.24, 2.45) is 5.92 Å². The fraction of sp³-hybridized carbons (Fsp3) is 0.625. The monoisotopic (exact) mass is 278 g/mol. The largest absolute Gasteiger partial charge is 0.393 e. The van der Waals surface area contributed by atoms with Gasteiger partial charge in [-0.15, -0.1) is 0 Å². The van der Waals surface area contributed by atoms with Gasteiger partial charge in [0.05, 0.1) is 18.8 Å². The summed E-state index contributed by atoms with van der Waals surface area (Å²) in [7, 11) is -1.11. The van der Waals surface area contributed by atoms with Crippen LogP contribution in [-0.2, 0) is 11.2 Å². The van der Waals surface area contributed by atoms with Gasteiger partial charge in [-0.1, -0.05) is 50.0 Å². The molecule has 1 saturated heterocycles. The molecule has 1 aliphatic heterocycles. The van der Waals surface area contributed by atoms with Crippen LogP contribution in [0.5, 0.6) is 0 Å². The van der Waals surface area contributed by atoms with Crippen LogP contribution in [0.2, 0.25) is 25.7 Å². The molecule has 0 amide bonds. The number of hydrogen-bond acceptors (Lipinski definition) is 2. The lowest BCUT2D eigenvalue weighted by molar-refractivity contribution is -0.0754. The van der Waals surface area contributed by atoms with Crippen LogP contribution in [0.3, 0.4) is 0 Å². The average molecular weight is 278 g/mol. The number of hydrogen-bond donors (Lipinski definition) is 1. The minimum Gasteiger partial charge on any atom is -0.393 e. The second-order valence-electron chi connectivity index (χ2n) is 6.97. The van der Waals surface area contributed by atoms with Crippen LogP contribution in [0.25, 0.3) is 0 Å². The van der Waals surface area contributed by atoms with Crippen molar-refractivity contribution in [3.8, 4) is 0 Å². The van der Waals surface area contributed by atoms with Gasteiger partial charge in [-0.25, -0.2) is 0 Å². The maximum absolute atomic E-state index is 10.3. The first-order valence-electron chi connectivity index (χ1n) is 7.27. The highest BCUT2D eigenvalue weighted by Crippen LogP contribution is 2.27. The lowest BCUT2D eigenvalue weighted by Crippen LogP contribution is -2.41. The molecule has 106 valence electrons. The van der Waals surface area contributed by atoms with E-state index in [4.69, 9.17) is 4.74 Å². The van der Waals surface area contributed by atoms with Gasteiger partial charge in [-0.05, 0) is 24.4 Å². The van der Waals surface area contributed by atoms with Crippen LogP contribution in [-0.4, -0.2) is 32.0 Å². The summed E-state index contributed by atoms with van der Waals surface area (Å²) in [5.41, 5.74) is 1.29. The lowest BCUT2D eigenvalue weighted by Gasteiger charge is -2.35. The van der Waals surface area contributed by atoms with E-state index in [-0.39, 0.29) is 18.1 Å². The number of benzene rings is 1. The SMILES string of the molecule is C[Si](C)(C)C[C@H]1C[C@@H](O)[C@H](Cc2ccccc2)CO1. The Morgan fingerprint density at radius 1 is 1.21 bits per heavy atom. The zero-order valence-corrected chi connectivity index (χ0v) is 13.3. The minimum absolute atomic E-state index is 0.213. The molecule has 0 saturated carbocycles. The molecule has 3 heteroatoms. The lowest BCUT2D eigenvalue weighted by atomic mass is 9.89. The number of rotatable bonds is 4. The van der Waals surface area contributed by atoms with Crippen molar-refractivity contribution in [3.05, 3.63) is 35.9 Å². The zero-order chi connectivity index (χ0) is 13.9. The van der Waals surface area contributed by atoms with E-state index in [1.807, 2.05) is 6.07 Å². The maximum atomic E-state index is 10.3. The summed E-state index contributed by atoms with van der Waals surface area (Å²) in [4.78, 5) is 0. The van der Waals surface area contributed by atoms with Crippen molar-refractivity contribution in [1.82, 2.24) is 0 Å². The van der Waals surface area contributed by atoms with Gasteiger partial charge in [0.1, 0.15) is 0 Å². The standard InChI is InChI=1S/C16H26O2Si/c1-19(2,3)12-15-10-16(17)14(11-18-15)9-13-7-5-4-6-8-13/h4-8,14-17H,9-12H2,1-3H3/t14-,15-,16-/m1/s1. The molecule has 1 heterocycles. The van der Waals surface area contributed by atoms with Crippen LogP contribution in [0.15, 0.2) is 30.3 Å². The molecular formula is C16H26O2Si. The Morgan fingerprint density at radius 2 is 1.89 bits per heavy atom. The predicted molar refractivity (Wildman–Crippen MR) is 82.2 cm³/mol. The molecule has 1 fully saturated rings. The smallest absolute Gasteiger partial charge is 0.0618 e. The van der Waals surface area contributed by atoms with Crippen LogP contribution < -0.4 is 0 Å². The molecular weight excluding hydrogens is 252 g/mol. The van der Waals surface area contributed by atoms with E-state index in [0.717, 1.165) is 18.9 Å². The Morgan fingerprint density at radius 3 is 2.47 bits per heavy atom. The van der Waals surface area contributed by atoms with Crippen LogP contribution in [0.4, 0.5) is 0 Å². The second-order valence-corrected chi connectivity index (χ2v) is 12.5. The van der Waals surface area contributed by atoms with Gasteiger partial charge in [0, 0.05) is 14.0 Å². The number of aliphatic hydroxyl groups excluding tert-OH is 1. The molecule has 0 spiro atoms. The quantitative estimate of drug-likeness (QED) is 0.856. The molecule has 2 rings (SSSR count). The third-order valence-corrected chi connectivity index (χ3v) is 5.46. The van der Waals surface area contributed by atoms with Crippen molar-refractivity contribution >= 4 is 8.07 Å². The Bertz CT molecular complexity index is 385. The fourth-order valence-electron chi connectivity index (χ4n) is 2.84. The summed E-state index contributed by atoms with van der Waals surface area (Å²) in [5, 5.41) is 10.3. The zero-order valence-electron chi connectivity index (χ0n) is 12.3. The van der Waals surface area contributed by atoms with Gasteiger partial charge in [0.2, 0.25) is 0 Å². The minimum atomic E-state index is -1.11. The number of aliphatic hydroxyl groups is 1. The average Bonchev–Trinajstić information content (AvgIpc) is 2.32. The van der Waals surface area contributed by atoms with Gasteiger partial charge in [0.25, 0.3) is 0 Å². The van der Waals surface area contributed by atoms with E-state index in [0.29, 0.717) is 6.61 Å². The molecule has 0 aromatic heterocycles. The topological polar surface area (TPSA) is 29.5 Å². The van der Waals surface area contributed by atoms with E-state index in [9.17, 15) is 5.11 Å². The van der Waals surface area contributed by atoms with Crippen LogP contribution in [0.1, 0.15) is 12.0 Å². The fourth-order valence-corrected chi connectivity index (χ4v) is 4.49. The Hall–Kier alpha value is -0.643. The molecule has 0 aliphatic carbocycles. The van der Waals surface area contributed by atoms with E-state index < -0.39 is 8.07 Å². The molecule has 2 nitrogen and oxygen atoms in total. The van der Waals surface area contributed by atoms with Gasteiger partial charge in [-0.3, -0.25) is 0 Å². The highest BCUT2D eigenvalue weighted by atomic mass is 28.3. The normalized spacial score (nSPS) is 28.3. The third-order valence-electron chi connectivity index (χ3n) is 3.78. The molecule has 19 heavy (non-hydrogen) atoms. The first-order valence-corrected chi connectivity index (χ1v) is 11.0. The van der Waals surface area contributed by atoms with E-state index >= 15 is 0 Å². The first-order chi connectivity index (χ1) is 8.94. The highest BCUT2D eigenvalue weighted by molar-refractivity contribution is 6.76. The Labute approximate surface area is 117 Å². The van der Waals surface area contributed by atoms with Crippen molar-refractivity contribution in [3.63, 3.8) is 0 Å². The number of ether oxygens (including phenoxy) is 1. The summed E-state index contributed by atoms with van der Waals surface area (Å²) in [5.74, 6) is 0.250. The van der Waals surface area contributed by atoms with Gasteiger partial charge >= 0.3 is 0 Å². The van der Waals surface area contributed by atoms with Crippen LogP contribution in [0, 0.1) is 5.92 Å². The molecule has 1 aromatic rings. The first kappa shape index (κ1) is 14.8. The molecule has 0 unspecified atom stereocenters. The summed E-state index contributed by atoms with van der Waals surface area (Å²) in [6, 6.07) is 11.5. The van der Waals surface area contributed by atoms with Gasteiger partial charge < -0.3 is 9.84 Å². The molecule has 0 radical (unpaired) electrons. The van der Waals surface area contributed by atoms with Crippen LogP contribution >= 0.6 is 0 Å². The molecule has 3 atom stereocenters. The molecule has 1 aliphatic rings. The third kappa shape index (κ3) is 4.75. The molecule has 0 bridgehead atoms. The summed E-state index contributed by atoms with van der Waals surface area (Å²) >= 11 is 0. The van der Waals surface area contributed by atoms with Crippen molar-refractivity contribution in [2.45, 2.75) is 50.7 Å². The molecule has 1 N–H and O–H groups in total. The van der Waals surface area contributed by atoms with Gasteiger partial charge in [0.15, 0.2) is 0 Å². The van der Waals surface area contributed by atoms with E-state index in [1.165, 1.54) is 5.56 Å². The maximum Gasteiger partial charge on any atom is 0.0618 e. The summed E-state index contributed by atoms with van der Waals surface area (Å²) in [6.07, 6.45) is 1.78. The van der Waals surface area contributed by atoms with Crippen molar-refractivity contribution < 1.29 is 9.84 Å². The molecule has 1 aromatic carbocycles. The van der Waals surface area contributed by atoms with E-state index in [2.05, 4.69) is 43.9 Å². The van der Waals surface area contributed by atoms with Crippen molar-refractivity contribution in [2.75, 3.05) is 6.61 Å². The Kier molecular flexibility index (Phi) is 4.82. The highest BCUT2D eigenvalue weighted by Gasteiger charge is 2.32. The summed E-state index contributed by atoms with van der Waals surface area (Å²) < 4.78 is 5.98.